The maximum atomic E-state index is 8.62. The van der Waals surface area contributed by atoms with Gasteiger partial charge in [0.25, 0.3) is 0 Å². The summed E-state index contributed by atoms with van der Waals surface area (Å²) in [5.41, 5.74) is 0.691. The summed E-state index contributed by atoms with van der Waals surface area (Å²) < 4.78 is 7.05. The predicted octanol–water partition coefficient (Wildman–Crippen LogP) is 3.41. The number of anilines is 1. The van der Waals surface area contributed by atoms with Crippen LogP contribution in [0.1, 0.15) is 0 Å². The largest absolute Gasteiger partial charge is 0.493 e. The van der Waals surface area contributed by atoms with E-state index in [9.17, 15) is 0 Å². The van der Waals surface area contributed by atoms with E-state index in [1.54, 1.807) is 19.2 Å². The lowest BCUT2D eigenvalue weighted by atomic mass is 10.3. The molecule has 0 atom stereocenters. The van der Waals surface area contributed by atoms with Crippen molar-refractivity contribution in [2.75, 3.05) is 12.4 Å². The molecule has 0 saturated heterocycles. The minimum atomic E-state index is 0.00189. The average molecular weight is 404 g/mol. The summed E-state index contributed by atoms with van der Waals surface area (Å²) in [6, 6.07) is 7.26. The summed E-state index contributed by atoms with van der Waals surface area (Å²) in [6.07, 6.45) is 1.35. The molecular formula is C11H7BrIN3O. The second-order valence-electron chi connectivity index (χ2n) is 2.89. The molecule has 0 aliphatic rings. The molecule has 0 heterocycles. The molecule has 1 N–H and O–H groups in total. The number of hydrogen-bond donors (Lipinski definition) is 1. The number of nitriles is 2. The number of ether oxygens (including phenoxy) is 1. The minimum Gasteiger partial charge on any atom is -0.493 e. The van der Waals surface area contributed by atoms with E-state index < -0.39 is 0 Å². The van der Waals surface area contributed by atoms with E-state index in [0.717, 1.165) is 8.04 Å². The van der Waals surface area contributed by atoms with Crippen LogP contribution in [0.25, 0.3) is 0 Å². The lowest BCUT2D eigenvalue weighted by molar-refractivity contribution is 0.414. The second kappa shape index (κ2) is 6.48. The third-order valence-corrected chi connectivity index (χ3v) is 3.08. The van der Waals surface area contributed by atoms with Crippen LogP contribution in [-0.2, 0) is 0 Å². The Morgan fingerprint density at radius 1 is 1.47 bits per heavy atom. The third kappa shape index (κ3) is 3.62. The first-order valence-electron chi connectivity index (χ1n) is 4.42. The van der Waals surface area contributed by atoms with Gasteiger partial charge < -0.3 is 10.1 Å². The normalized spacial score (nSPS) is 8.76. The minimum absolute atomic E-state index is 0.00189. The molecule has 1 aromatic rings. The first-order chi connectivity index (χ1) is 8.12. The van der Waals surface area contributed by atoms with Crippen molar-refractivity contribution in [1.29, 1.82) is 10.5 Å². The lowest BCUT2D eigenvalue weighted by Crippen LogP contribution is -1.96. The zero-order valence-electron chi connectivity index (χ0n) is 8.79. The van der Waals surface area contributed by atoms with E-state index in [-0.39, 0.29) is 5.57 Å². The fourth-order valence-electron chi connectivity index (χ4n) is 1.11. The quantitative estimate of drug-likeness (QED) is 0.620. The smallest absolute Gasteiger partial charge is 0.155 e. The molecule has 0 spiro atoms. The second-order valence-corrected chi connectivity index (χ2v) is 4.97. The first-order valence-corrected chi connectivity index (χ1v) is 6.29. The van der Waals surface area contributed by atoms with Crippen molar-refractivity contribution in [1.82, 2.24) is 0 Å². The van der Waals surface area contributed by atoms with E-state index in [1.807, 2.05) is 12.1 Å². The first kappa shape index (κ1) is 13.8. The molecule has 0 amide bonds. The van der Waals surface area contributed by atoms with Gasteiger partial charge in [0.2, 0.25) is 0 Å². The summed E-state index contributed by atoms with van der Waals surface area (Å²) in [5.74, 6) is 0.667. The third-order valence-electron chi connectivity index (χ3n) is 1.83. The summed E-state index contributed by atoms with van der Waals surface area (Å²) in [5, 5.41) is 20.1. The molecule has 17 heavy (non-hydrogen) atoms. The van der Waals surface area contributed by atoms with E-state index in [0.29, 0.717) is 11.4 Å². The molecule has 1 rings (SSSR count). The summed E-state index contributed by atoms with van der Waals surface area (Å²) in [4.78, 5) is 0. The van der Waals surface area contributed by atoms with Crippen molar-refractivity contribution in [3.8, 4) is 17.9 Å². The average Bonchev–Trinajstić information content (AvgIpc) is 2.29. The number of benzene rings is 1. The van der Waals surface area contributed by atoms with Gasteiger partial charge in [-0.25, -0.2) is 0 Å². The fourth-order valence-corrected chi connectivity index (χ4v) is 2.85. The van der Waals surface area contributed by atoms with E-state index in [4.69, 9.17) is 15.3 Å². The zero-order valence-corrected chi connectivity index (χ0v) is 12.5. The molecule has 4 nitrogen and oxygen atoms in total. The molecule has 0 fully saturated rings. The van der Waals surface area contributed by atoms with Gasteiger partial charge in [-0.15, -0.1) is 0 Å². The lowest BCUT2D eigenvalue weighted by Gasteiger charge is -2.10. The molecule has 1 aromatic carbocycles. The van der Waals surface area contributed by atoms with Gasteiger partial charge in [-0.3, -0.25) is 0 Å². The van der Waals surface area contributed by atoms with Crippen LogP contribution >= 0.6 is 38.5 Å². The predicted molar refractivity (Wildman–Crippen MR) is 76.3 cm³/mol. The van der Waals surface area contributed by atoms with E-state index in [2.05, 4.69) is 43.8 Å². The van der Waals surface area contributed by atoms with Gasteiger partial charge in [0.1, 0.15) is 17.7 Å². The number of allylic oxidation sites excluding steroid dienone is 1. The molecule has 0 unspecified atom stereocenters. The number of nitrogens with one attached hydrogen (secondary N) is 1. The summed E-state index contributed by atoms with van der Waals surface area (Å²) >= 11 is 5.51. The molecule has 6 heteroatoms. The van der Waals surface area contributed by atoms with Crippen LogP contribution in [-0.4, -0.2) is 7.11 Å². The Hall–Kier alpha value is -1.25. The monoisotopic (exact) mass is 403 g/mol. The van der Waals surface area contributed by atoms with Crippen LogP contribution < -0.4 is 10.1 Å². The highest BCUT2D eigenvalue weighted by Crippen LogP contribution is 2.33. The van der Waals surface area contributed by atoms with Crippen LogP contribution in [0.5, 0.6) is 5.75 Å². The molecule has 0 aromatic heterocycles. The SMILES string of the molecule is COc1c(I)cc(Br)cc1NC=C(C#N)C#N. The van der Waals surface area contributed by atoms with Crippen molar-refractivity contribution in [2.24, 2.45) is 0 Å². The van der Waals surface area contributed by atoms with Gasteiger partial charge >= 0.3 is 0 Å². The highest BCUT2D eigenvalue weighted by molar-refractivity contribution is 14.1. The van der Waals surface area contributed by atoms with Crippen molar-refractivity contribution in [3.05, 3.63) is 31.9 Å². The molecular weight excluding hydrogens is 397 g/mol. The van der Waals surface area contributed by atoms with Gasteiger partial charge in [-0.05, 0) is 34.7 Å². The van der Waals surface area contributed by atoms with Crippen LogP contribution in [0, 0.1) is 26.2 Å². The van der Waals surface area contributed by atoms with Crippen molar-refractivity contribution in [2.45, 2.75) is 0 Å². The number of methoxy groups -OCH3 is 1. The topological polar surface area (TPSA) is 68.8 Å². The van der Waals surface area contributed by atoms with Gasteiger partial charge in [0, 0.05) is 10.7 Å². The van der Waals surface area contributed by atoms with Gasteiger partial charge in [0.05, 0.1) is 16.4 Å². The Morgan fingerprint density at radius 2 is 2.12 bits per heavy atom. The zero-order chi connectivity index (χ0) is 12.8. The van der Waals surface area contributed by atoms with Crippen molar-refractivity contribution in [3.63, 3.8) is 0 Å². The van der Waals surface area contributed by atoms with Crippen LogP contribution in [0.3, 0.4) is 0 Å². The Kier molecular flexibility index (Phi) is 5.26. The number of hydrogen-bond acceptors (Lipinski definition) is 4. The maximum Gasteiger partial charge on any atom is 0.155 e. The molecule has 0 aliphatic heterocycles. The van der Waals surface area contributed by atoms with Crippen LogP contribution in [0.15, 0.2) is 28.4 Å². The van der Waals surface area contributed by atoms with Gasteiger partial charge in [-0.2, -0.15) is 10.5 Å². The highest BCUT2D eigenvalue weighted by atomic mass is 127. The summed E-state index contributed by atoms with van der Waals surface area (Å²) in [6.45, 7) is 0. The standard InChI is InChI=1S/C11H7BrIN3O/c1-17-11-9(13)2-8(12)3-10(11)16-6-7(4-14)5-15/h2-3,6,16H,1H3. The number of rotatable bonds is 3. The highest BCUT2D eigenvalue weighted by Gasteiger charge is 2.08. The molecule has 0 aliphatic carbocycles. The fraction of sp³-hybridized carbons (Fsp3) is 0.0909. The van der Waals surface area contributed by atoms with Gasteiger partial charge in [-0.1, -0.05) is 15.9 Å². The molecule has 0 bridgehead atoms. The number of nitrogens with zero attached hydrogens (tertiary/aromatic N) is 2. The number of halogens is 2. The van der Waals surface area contributed by atoms with Crippen molar-refractivity contribution < 1.29 is 4.74 Å². The molecule has 0 radical (unpaired) electrons. The molecule has 0 saturated carbocycles. The van der Waals surface area contributed by atoms with Crippen molar-refractivity contribution >= 4 is 44.2 Å². The Balaban J connectivity index is 3.12. The molecule has 86 valence electrons. The van der Waals surface area contributed by atoms with E-state index >= 15 is 0 Å². The van der Waals surface area contributed by atoms with Crippen LogP contribution in [0.2, 0.25) is 0 Å². The van der Waals surface area contributed by atoms with E-state index in [1.165, 1.54) is 6.20 Å². The Morgan fingerprint density at radius 3 is 2.65 bits per heavy atom. The summed E-state index contributed by atoms with van der Waals surface area (Å²) in [7, 11) is 1.57. The van der Waals surface area contributed by atoms with Gasteiger partial charge in [0.15, 0.2) is 5.75 Å². The van der Waals surface area contributed by atoms with Crippen LogP contribution in [0.4, 0.5) is 5.69 Å². The Labute approximate surface area is 121 Å². The maximum absolute atomic E-state index is 8.62. The Bertz CT molecular complexity index is 527.